The van der Waals surface area contributed by atoms with Crippen LogP contribution < -0.4 is 5.32 Å². The molecule has 0 radical (unpaired) electrons. The third-order valence-electron chi connectivity index (χ3n) is 3.02. The van der Waals surface area contributed by atoms with Crippen LogP contribution in [0.5, 0.6) is 0 Å². The van der Waals surface area contributed by atoms with E-state index in [1.165, 1.54) is 5.56 Å². The molecule has 2 unspecified atom stereocenters. The average Bonchev–Trinajstić information content (AvgIpc) is 2.29. The molecule has 0 aliphatic carbocycles. The summed E-state index contributed by atoms with van der Waals surface area (Å²) in [6.07, 6.45) is 1.67. The van der Waals surface area contributed by atoms with E-state index in [1.54, 1.807) is 0 Å². The van der Waals surface area contributed by atoms with Crippen molar-refractivity contribution in [2.24, 2.45) is 0 Å². The summed E-state index contributed by atoms with van der Waals surface area (Å²) in [5, 5.41) is 12.0. The molecule has 0 saturated carbocycles. The lowest BCUT2D eigenvalue weighted by Crippen LogP contribution is -2.42. The van der Waals surface area contributed by atoms with Gasteiger partial charge in [0.1, 0.15) is 6.04 Å². The third-order valence-corrected chi connectivity index (χ3v) is 3.52. The molecule has 1 aromatic carbocycles. The smallest absolute Gasteiger partial charge is 0.320 e. The zero-order chi connectivity index (χ0) is 11.5. The van der Waals surface area contributed by atoms with E-state index in [1.807, 2.05) is 12.1 Å². The lowest BCUT2D eigenvalue weighted by molar-refractivity contribution is -0.140. The molecule has 2 N–H and O–H groups in total. The first-order chi connectivity index (χ1) is 7.66. The van der Waals surface area contributed by atoms with Crippen LogP contribution in [0, 0.1) is 0 Å². The molecule has 1 saturated heterocycles. The number of benzene rings is 1. The molecular formula is C12H14BrNO2. The minimum atomic E-state index is -0.750. The molecule has 1 aliphatic heterocycles. The molecule has 1 aromatic rings. The van der Waals surface area contributed by atoms with Gasteiger partial charge in [-0.3, -0.25) is 4.79 Å². The van der Waals surface area contributed by atoms with E-state index in [0.29, 0.717) is 12.3 Å². The highest BCUT2D eigenvalue weighted by Crippen LogP contribution is 2.29. The fourth-order valence-corrected chi connectivity index (χ4v) is 2.59. The monoisotopic (exact) mass is 283 g/mol. The molecule has 1 heterocycles. The topological polar surface area (TPSA) is 49.3 Å². The van der Waals surface area contributed by atoms with Crippen LogP contribution in [-0.4, -0.2) is 23.7 Å². The highest BCUT2D eigenvalue weighted by Gasteiger charge is 2.27. The standard InChI is InChI=1S/C12H14BrNO2/c13-10-3-1-2-8(6-10)9-4-5-14-11(7-9)12(15)16/h1-3,6,9,11,14H,4-5,7H2,(H,15,16). The summed E-state index contributed by atoms with van der Waals surface area (Å²) in [7, 11) is 0. The van der Waals surface area contributed by atoms with E-state index in [0.717, 1.165) is 17.4 Å². The van der Waals surface area contributed by atoms with Crippen molar-refractivity contribution in [1.82, 2.24) is 5.32 Å². The Labute approximate surface area is 103 Å². The lowest BCUT2D eigenvalue weighted by atomic mass is 9.86. The maximum atomic E-state index is 10.9. The van der Waals surface area contributed by atoms with E-state index in [9.17, 15) is 4.79 Å². The average molecular weight is 284 g/mol. The molecule has 2 atom stereocenters. The number of carbonyl (C=O) groups is 1. The normalized spacial score (nSPS) is 25.3. The van der Waals surface area contributed by atoms with E-state index in [2.05, 4.69) is 33.4 Å². The van der Waals surface area contributed by atoms with Crippen molar-refractivity contribution in [3.8, 4) is 0 Å². The Morgan fingerprint density at radius 2 is 2.31 bits per heavy atom. The van der Waals surface area contributed by atoms with Gasteiger partial charge in [0.15, 0.2) is 0 Å². The molecule has 0 amide bonds. The van der Waals surface area contributed by atoms with Crippen molar-refractivity contribution in [1.29, 1.82) is 0 Å². The first-order valence-electron chi connectivity index (χ1n) is 5.38. The van der Waals surface area contributed by atoms with Crippen LogP contribution in [0.4, 0.5) is 0 Å². The molecule has 0 bridgehead atoms. The second-order valence-electron chi connectivity index (χ2n) is 4.12. The Morgan fingerprint density at radius 1 is 1.50 bits per heavy atom. The second-order valence-corrected chi connectivity index (χ2v) is 5.04. The Kier molecular flexibility index (Phi) is 3.61. The van der Waals surface area contributed by atoms with E-state index >= 15 is 0 Å². The fraction of sp³-hybridized carbons (Fsp3) is 0.417. The van der Waals surface area contributed by atoms with Crippen LogP contribution in [0.3, 0.4) is 0 Å². The van der Waals surface area contributed by atoms with Crippen LogP contribution in [0.1, 0.15) is 24.3 Å². The number of rotatable bonds is 2. The summed E-state index contributed by atoms with van der Waals surface area (Å²) in [5.74, 6) is -0.403. The van der Waals surface area contributed by atoms with Crippen molar-refractivity contribution in [3.05, 3.63) is 34.3 Å². The van der Waals surface area contributed by atoms with Crippen LogP contribution in [0.2, 0.25) is 0 Å². The number of carboxylic acid groups (broad SMARTS) is 1. The van der Waals surface area contributed by atoms with Crippen LogP contribution in [0.25, 0.3) is 0 Å². The fourth-order valence-electron chi connectivity index (χ4n) is 2.17. The van der Waals surface area contributed by atoms with E-state index in [-0.39, 0.29) is 0 Å². The molecule has 16 heavy (non-hydrogen) atoms. The van der Waals surface area contributed by atoms with Crippen molar-refractivity contribution in [2.75, 3.05) is 6.54 Å². The van der Waals surface area contributed by atoms with Gasteiger partial charge in [-0.15, -0.1) is 0 Å². The SMILES string of the molecule is O=C(O)C1CC(c2cccc(Br)c2)CCN1. The number of hydrogen-bond donors (Lipinski definition) is 2. The number of halogens is 1. The zero-order valence-corrected chi connectivity index (χ0v) is 10.4. The van der Waals surface area contributed by atoms with Crippen molar-refractivity contribution >= 4 is 21.9 Å². The van der Waals surface area contributed by atoms with Gasteiger partial charge in [-0.05, 0) is 43.0 Å². The zero-order valence-electron chi connectivity index (χ0n) is 8.82. The van der Waals surface area contributed by atoms with Gasteiger partial charge < -0.3 is 10.4 Å². The predicted molar refractivity (Wildman–Crippen MR) is 65.5 cm³/mol. The minimum absolute atomic E-state index is 0.347. The Hall–Kier alpha value is -0.870. The van der Waals surface area contributed by atoms with Gasteiger partial charge in [-0.2, -0.15) is 0 Å². The van der Waals surface area contributed by atoms with Crippen LogP contribution >= 0.6 is 15.9 Å². The Bertz CT molecular complexity index is 394. The molecule has 0 aromatic heterocycles. The van der Waals surface area contributed by atoms with E-state index < -0.39 is 12.0 Å². The molecule has 4 heteroatoms. The summed E-state index contributed by atoms with van der Waals surface area (Å²) in [4.78, 5) is 10.9. The first kappa shape index (κ1) is 11.6. The second kappa shape index (κ2) is 4.97. The van der Waals surface area contributed by atoms with Gasteiger partial charge in [-0.1, -0.05) is 28.1 Å². The summed E-state index contributed by atoms with van der Waals surface area (Å²) >= 11 is 3.44. The number of carboxylic acids is 1. The maximum absolute atomic E-state index is 10.9. The van der Waals surface area contributed by atoms with Crippen LogP contribution in [0.15, 0.2) is 28.7 Å². The third kappa shape index (κ3) is 2.62. The number of aliphatic carboxylic acids is 1. The van der Waals surface area contributed by atoms with Gasteiger partial charge >= 0.3 is 5.97 Å². The highest BCUT2D eigenvalue weighted by atomic mass is 79.9. The van der Waals surface area contributed by atoms with Crippen molar-refractivity contribution in [2.45, 2.75) is 24.8 Å². The molecule has 86 valence electrons. The van der Waals surface area contributed by atoms with E-state index in [4.69, 9.17) is 5.11 Å². The largest absolute Gasteiger partial charge is 0.480 e. The molecule has 1 fully saturated rings. The number of hydrogen-bond acceptors (Lipinski definition) is 2. The molecule has 2 rings (SSSR count). The number of nitrogens with one attached hydrogen (secondary N) is 1. The quantitative estimate of drug-likeness (QED) is 0.876. The summed E-state index contributed by atoms with van der Waals surface area (Å²) in [5.41, 5.74) is 1.22. The van der Waals surface area contributed by atoms with Gasteiger partial charge in [0.2, 0.25) is 0 Å². The molecule has 3 nitrogen and oxygen atoms in total. The first-order valence-corrected chi connectivity index (χ1v) is 6.18. The lowest BCUT2D eigenvalue weighted by Gasteiger charge is -2.28. The van der Waals surface area contributed by atoms with Gasteiger partial charge in [-0.25, -0.2) is 0 Å². The molecule has 1 aliphatic rings. The van der Waals surface area contributed by atoms with Gasteiger partial charge in [0, 0.05) is 4.47 Å². The molecule has 0 spiro atoms. The van der Waals surface area contributed by atoms with Crippen molar-refractivity contribution < 1.29 is 9.90 Å². The van der Waals surface area contributed by atoms with Crippen molar-refractivity contribution in [3.63, 3.8) is 0 Å². The number of piperidine rings is 1. The Balaban J connectivity index is 2.12. The Morgan fingerprint density at radius 3 is 3.00 bits per heavy atom. The molecular weight excluding hydrogens is 270 g/mol. The predicted octanol–water partition coefficient (Wildman–Crippen LogP) is 2.37. The maximum Gasteiger partial charge on any atom is 0.320 e. The summed E-state index contributed by atoms with van der Waals surface area (Å²) in [6, 6.07) is 7.73. The van der Waals surface area contributed by atoms with Gasteiger partial charge in [0.25, 0.3) is 0 Å². The summed E-state index contributed by atoms with van der Waals surface area (Å²) < 4.78 is 1.05. The summed E-state index contributed by atoms with van der Waals surface area (Å²) in [6.45, 7) is 0.772. The van der Waals surface area contributed by atoms with Crippen LogP contribution in [-0.2, 0) is 4.79 Å². The van der Waals surface area contributed by atoms with Gasteiger partial charge in [0.05, 0.1) is 0 Å². The minimum Gasteiger partial charge on any atom is -0.480 e. The highest BCUT2D eigenvalue weighted by molar-refractivity contribution is 9.10.